The number of hydrogen-bond donors (Lipinski definition) is 2. The van der Waals surface area contributed by atoms with E-state index in [9.17, 15) is 9.90 Å². The lowest BCUT2D eigenvalue weighted by molar-refractivity contribution is 0.0525. The molecule has 2 N–H and O–H groups in total. The molecule has 0 aliphatic heterocycles. The van der Waals surface area contributed by atoms with E-state index in [1.165, 1.54) is 14.2 Å². The molecule has 1 amide bonds. The van der Waals surface area contributed by atoms with Crippen LogP contribution in [0.15, 0.2) is 72.8 Å². The summed E-state index contributed by atoms with van der Waals surface area (Å²) in [4.78, 5) is 12.7. The van der Waals surface area contributed by atoms with Gasteiger partial charge in [-0.2, -0.15) is 0 Å². The normalized spacial score (nSPS) is 12.7. The molecule has 0 fully saturated rings. The van der Waals surface area contributed by atoms with Gasteiger partial charge in [-0.3, -0.25) is 4.79 Å². The number of carbonyl (C=O) groups excluding carboxylic acids is 1. The fraction of sp³-hybridized carbons (Fsp3) is 0.208. The minimum atomic E-state index is -1.23. The van der Waals surface area contributed by atoms with Gasteiger partial charge in [0.2, 0.25) is 0 Å². The molecular formula is C24H25NO4. The van der Waals surface area contributed by atoms with Gasteiger partial charge in [0.1, 0.15) is 5.60 Å². The maximum atomic E-state index is 12.7. The predicted octanol–water partition coefficient (Wildman–Crippen LogP) is 4.01. The first-order chi connectivity index (χ1) is 14.0. The number of para-hydroxylation sites is 1. The molecule has 5 nitrogen and oxygen atoms in total. The van der Waals surface area contributed by atoms with Crippen LogP contribution in [0.4, 0.5) is 0 Å². The maximum Gasteiger partial charge on any atom is 0.255 e. The zero-order chi connectivity index (χ0) is 20.9. The van der Waals surface area contributed by atoms with Crippen LogP contribution in [0.25, 0.3) is 11.1 Å². The quantitative estimate of drug-likeness (QED) is 0.639. The van der Waals surface area contributed by atoms with E-state index in [1.54, 1.807) is 25.1 Å². The Hall–Kier alpha value is -3.31. The van der Waals surface area contributed by atoms with Gasteiger partial charge in [0.05, 0.1) is 26.3 Å². The van der Waals surface area contributed by atoms with Crippen molar-refractivity contribution in [2.45, 2.75) is 12.5 Å². The molecule has 3 rings (SSSR count). The van der Waals surface area contributed by atoms with Gasteiger partial charge in [0.25, 0.3) is 5.91 Å². The monoisotopic (exact) mass is 391 g/mol. The summed E-state index contributed by atoms with van der Waals surface area (Å²) >= 11 is 0. The molecule has 150 valence electrons. The average molecular weight is 391 g/mol. The summed E-state index contributed by atoms with van der Waals surface area (Å²) in [5.74, 6) is 0.490. The highest BCUT2D eigenvalue weighted by Gasteiger charge is 2.25. The molecule has 0 unspecified atom stereocenters. The molecule has 3 aromatic rings. The standard InChI is InChI=1S/C24H25NO4/c1-24(27,19-14-12-18(13-15-19)17-8-5-4-6-9-17)16-25-23(26)20-10-7-11-21(28-2)22(20)29-3/h4-15,27H,16H2,1-3H3,(H,25,26)/t24-/m0/s1. The van der Waals surface area contributed by atoms with Gasteiger partial charge in [-0.25, -0.2) is 0 Å². The van der Waals surface area contributed by atoms with Crippen molar-refractivity contribution in [2.24, 2.45) is 0 Å². The summed E-state index contributed by atoms with van der Waals surface area (Å²) in [6, 6.07) is 22.8. The van der Waals surface area contributed by atoms with Crippen molar-refractivity contribution in [3.63, 3.8) is 0 Å². The Labute approximate surface area is 170 Å². The number of amides is 1. The fourth-order valence-corrected chi connectivity index (χ4v) is 3.17. The van der Waals surface area contributed by atoms with E-state index in [4.69, 9.17) is 9.47 Å². The van der Waals surface area contributed by atoms with Crippen LogP contribution in [0, 0.1) is 0 Å². The molecular weight excluding hydrogens is 366 g/mol. The summed E-state index contributed by atoms with van der Waals surface area (Å²) < 4.78 is 10.5. The van der Waals surface area contributed by atoms with Gasteiger partial charge in [-0.1, -0.05) is 60.7 Å². The van der Waals surface area contributed by atoms with Crippen LogP contribution in [0.3, 0.4) is 0 Å². The van der Waals surface area contributed by atoms with Crippen molar-refractivity contribution in [1.82, 2.24) is 5.32 Å². The molecule has 3 aromatic carbocycles. The smallest absolute Gasteiger partial charge is 0.255 e. The number of nitrogens with one attached hydrogen (secondary N) is 1. The second kappa shape index (κ2) is 8.80. The molecule has 29 heavy (non-hydrogen) atoms. The van der Waals surface area contributed by atoms with Crippen LogP contribution >= 0.6 is 0 Å². The summed E-state index contributed by atoms with van der Waals surface area (Å²) in [6.07, 6.45) is 0. The SMILES string of the molecule is COc1cccc(C(=O)NC[C@](C)(O)c2ccc(-c3ccccc3)cc2)c1OC. The van der Waals surface area contributed by atoms with Crippen molar-refractivity contribution in [3.05, 3.63) is 83.9 Å². The van der Waals surface area contributed by atoms with E-state index in [1.807, 2.05) is 54.6 Å². The van der Waals surface area contributed by atoms with Crippen LogP contribution in [0.2, 0.25) is 0 Å². The van der Waals surface area contributed by atoms with Gasteiger partial charge < -0.3 is 19.9 Å². The number of aliphatic hydroxyl groups is 1. The minimum absolute atomic E-state index is 0.0525. The van der Waals surface area contributed by atoms with Gasteiger partial charge in [0, 0.05) is 0 Å². The first kappa shape index (κ1) is 20.4. The van der Waals surface area contributed by atoms with Crippen LogP contribution < -0.4 is 14.8 Å². The first-order valence-electron chi connectivity index (χ1n) is 9.34. The molecule has 5 heteroatoms. The second-order valence-electron chi connectivity index (χ2n) is 6.94. The largest absolute Gasteiger partial charge is 0.493 e. The van der Waals surface area contributed by atoms with Crippen molar-refractivity contribution in [3.8, 4) is 22.6 Å². The van der Waals surface area contributed by atoms with Crippen LogP contribution in [-0.2, 0) is 5.60 Å². The van der Waals surface area contributed by atoms with Crippen molar-refractivity contribution in [1.29, 1.82) is 0 Å². The summed E-state index contributed by atoms with van der Waals surface area (Å²) in [7, 11) is 3.00. The molecule has 0 radical (unpaired) electrons. The highest BCUT2D eigenvalue weighted by atomic mass is 16.5. The van der Waals surface area contributed by atoms with E-state index in [0.717, 1.165) is 16.7 Å². The second-order valence-corrected chi connectivity index (χ2v) is 6.94. The summed E-state index contributed by atoms with van der Waals surface area (Å²) in [5, 5.41) is 13.7. The van der Waals surface area contributed by atoms with Crippen LogP contribution in [-0.4, -0.2) is 31.8 Å². The molecule has 0 aromatic heterocycles. The number of carbonyl (C=O) groups is 1. The van der Waals surface area contributed by atoms with Crippen LogP contribution in [0.1, 0.15) is 22.8 Å². The lowest BCUT2D eigenvalue weighted by atomic mass is 9.93. The first-order valence-corrected chi connectivity index (χ1v) is 9.34. The Balaban J connectivity index is 1.72. The highest BCUT2D eigenvalue weighted by molar-refractivity contribution is 5.97. The molecule has 0 bridgehead atoms. The third-order valence-corrected chi connectivity index (χ3v) is 4.85. The van der Waals surface area contributed by atoms with Crippen molar-refractivity contribution >= 4 is 5.91 Å². The molecule has 0 saturated heterocycles. The van der Waals surface area contributed by atoms with E-state index in [-0.39, 0.29) is 12.5 Å². The molecule has 0 saturated carbocycles. The number of methoxy groups -OCH3 is 2. The van der Waals surface area contributed by atoms with E-state index in [0.29, 0.717) is 17.1 Å². The zero-order valence-electron chi connectivity index (χ0n) is 16.8. The van der Waals surface area contributed by atoms with Gasteiger partial charge in [0.15, 0.2) is 11.5 Å². The lowest BCUT2D eigenvalue weighted by Gasteiger charge is -2.25. The lowest BCUT2D eigenvalue weighted by Crippen LogP contribution is -2.38. The van der Waals surface area contributed by atoms with Gasteiger partial charge >= 0.3 is 0 Å². The summed E-state index contributed by atoms with van der Waals surface area (Å²) in [5.41, 5.74) is 2.02. The average Bonchev–Trinajstić information content (AvgIpc) is 2.77. The maximum absolute atomic E-state index is 12.7. The third kappa shape index (κ3) is 4.58. The number of benzene rings is 3. The van der Waals surface area contributed by atoms with Gasteiger partial charge in [-0.15, -0.1) is 0 Å². The van der Waals surface area contributed by atoms with E-state index in [2.05, 4.69) is 5.32 Å². The van der Waals surface area contributed by atoms with E-state index >= 15 is 0 Å². The zero-order valence-corrected chi connectivity index (χ0v) is 16.8. The van der Waals surface area contributed by atoms with E-state index < -0.39 is 5.60 Å². The Morgan fingerprint density at radius 2 is 1.55 bits per heavy atom. The number of hydrogen-bond acceptors (Lipinski definition) is 4. The Morgan fingerprint density at radius 1 is 0.897 bits per heavy atom. The Kier molecular flexibility index (Phi) is 6.20. The molecule has 0 heterocycles. The number of rotatable bonds is 7. The molecule has 0 aliphatic carbocycles. The topological polar surface area (TPSA) is 67.8 Å². The number of ether oxygens (including phenoxy) is 2. The van der Waals surface area contributed by atoms with Gasteiger partial charge in [-0.05, 0) is 35.7 Å². The molecule has 0 aliphatic rings. The molecule has 0 spiro atoms. The minimum Gasteiger partial charge on any atom is -0.493 e. The third-order valence-electron chi connectivity index (χ3n) is 4.85. The molecule has 1 atom stereocenters. The predicted molar refractivity (Wildman–Crippen MR) is 113 cm³/mol. The van der Waals surface area contributed by atoms with Crippen molar-refractivity contribution < 1.29 is 19.4 Å². The fourth-order valence-electron chi connectivity index (χ4n) is 3.17. The van der Waals surface area contributed by atoms with Crippen molar-refractivity contribution in [2.75, 3.05) is 20.8 Å². The van der Waals surface area contributed by atoms with Crippen LogP contribution in [0.5, 0.6) is 11.5 Å². The Bertz CT molecular complexity index is 966. The Morgan fingerprint density at radius 3 is 2.17 bits per heavy atom. The summed E-state index contributed by atoms with van der Waals surface area (Å²) in [6.45, 7) is 1.73. The highest BCUT2D eigenvalue weighted by Crippen LogP contribution is 2.31.